The fourth-order valence-electron chi connectivity index (χ4n) is 2.32. The van der Waals surface area contributed by atoms with Crippen LogP contribution in [-0.4, -0.2) is 42.4 Å². The van der Waals surface area contributed by atoms with E-state index in [1.54, 1.807) is 0 Å². The van der Waals surface area contributed by atoms with Crippen LogP contribution in [0.15, 0.2) is 24.3 Å². The van der Waals surface area contributed by atoms with Gasteiger partial charge in [-0.1, -0.05) is 29.8 Å². The fourth-order valence-corrected chi connectivity index (χ4v) is 2.32. The van der Waals surface area contributed by atoms with Gasteiger partial charge in [0, 0.05) is 32.7 Å². The first-order valence-electron chi connectivity index (χ1n) is 6.25. The maximum absolute atomic E-state index is 10.7. The molecule has 0 spiro atoms. The molecule has 3 nitrogen and oxygen atoms in total. The van der Waals surface area contributed by atoms with Crippen LogP contribution in [0.2, 0.25) is 0 Å². The zero-order chi connectivity index (χ0) is 12.1. The minimum Gasteiger partial charge on any atom is -0.344 e. The second-order valence-corrected chi connectivity index (χ2v) is 4.76. The van der Waals surface area contributed by atoms with Crippen molar-refractivity contribution in [1.82, 2.24) is 9.80 Å². The number of aryl methyl sites for hydroxylation is 1. The van der Waals surface area contributed by atoms with E-state index in [-0.39, 0.29) is 0 Å². The molecule has 3 heteroatoms. The summed E-state index contributed by atoms with van der Waals surface area (Å²) in [6.45, 7) is 6.93. The molecule has 0 unspecified atom stereocenters. The molecule has 1 aliphatic heterocycles. The van der Waals surface area contributed by atoms with Crippen LogP contribution in [-0.2, 0) is 11.3 Å². The molecule has 1 aromatic rings. The van der Waals surface area contributed by atoms with Crippen LogP contribution in [0.4, 0.5) is 0 Å². The molecule has 0 radical (unpaired) electrons. The summed E-state index contributed by atoms with van der Waals surface area (Å²) in [5, 5.41) is 0. The number of hydrogen-bond acceptors (Lipinski definition) is 2. The van der Waals surface area contributed by atoms with Gasteiger partial charge in [-0.05, 0) is 18.9 Å². The Bertz CT molecular complexity index is 378. The third-order valence-corrected chi connectivity index (χ3v) is 3.26. The van der Waals surface area contributed by atoms with Gasteiger partial charge in [-0.3, -0.25) is 9.69 Å². The summed E-state index contributed by atoms with van der Waals surface area (Å²) >= 11 is 0. The van der Waals surface area contributed by atoms with Gasteiger partial charge >= 0.3 is 0 Å². The minimum atomic E-state index is 0.856. The van der Waals surface area contributed by atoms with Gasteiger partial charge in [0.25, 0.3) is 0 Å². The molecule has 0 bridgehead atoms. The molecule has 1 saturated heterocycles. The number of carbonyl (C=O) groups excluding carboxylic acids is 1. The van der Waals surface area contributed by atoms with E-state index in [0.717, 1.165) is 45.6 Å². The first kappa shape index (κ1) is 12.1. The van der Waals surface area contributed by atoms with Crippen molar-refractivity contribution in [2.24, 2.45) is 0 Å². The van der Waals surface area contributed by atoms with E-state index in [4.69, 9.17) is 0 Å². The average molecular weight is 232 g/mol. The molecule has 1 aliphatic rings. The number of rotatable bonds is 3. The van der Waals surface area contributed by atoms with E-state index in [2.05, 4.69) is 36.1 Å². The molecular formula is C14H20N2O. The van der Waals surface area contributed by atoms with Crippen LogP contribution in [0, 0.1) is 6.92 Å². The first-order valence-corrected chi connectivity index (χ1v) is 6.25. The SMILES string of the molecule is Cc1cccc(CN2CCCN(C=O)CC2)c1. The Labute approximate surface area is 103 Å². The molecule has 1 aromatic carbocycles. The van der Waals surface area contributed by atoms with Crippen molar-refractivity contribution in [2.45, 2.75) is 19.9 Å². The third kappa shape index (κ3) is 3.56. The van der Waals surface area contributed by atoms with Crippen LogP contribution < -0.4 is 0 Å². The quantitative estimate of drug-likeness (QED) is 0.740. The highest BCUT2D eigenvalue weighted by Gasteiger charge is 2.13. The standard InChI is InChI=1S/C14H20N2O/c1-13-4-2-5-14(10-13)11-15-6-3-7-16(12-17)9-8-15/h2,4-5,10,12H,3,6-9,11H2,1H3. The Morgan fingerprint density at radius 3 is 2.88 bits per heavy atom. The van der Waals surface area contributed by atoms with Crippen LogP contribution in [0.5, 0.6) is 0 Å². The molecule has 92 valence electrons. The van der Waals surface area contributed by atoms with Gasteiger partial charge in [0.05, 0.1) is 0 Å². The summed E-state index contributed by atoms with van der Waals surface area (Å²) in [6.07, 6.45) is 2.04. The highest BCUT2D eigenvalue weighted by Crippen LogP contribution is 2.10. The lowest BCUT2D eigenvalue weighted by Gasteiger charge is -2.20. The summed E-state index contributed by atoms with van der Waals surface area (Å²) in [5.74, 6) is 0. The highest BCUT2D eigenvalue weighted by atomic mass is 16.1. The molecule has 1 fully saturated rings. The molecule has 0 N–H and O–H groups in total. The Balaban J connectivity index is 1.93. The van der Waals surface area contributed by atoms with E-state index < -0.39 is 0 Å². The maximum Gasteiger partial charge on any atom is 0.209 e. The number of carbonyl (C=O) groups is 1. The van der Waals surface area contributed by atoms with Crippen LogP contribution in [0.1, 0.15) is 17.5 Å². The minimum absolute atomic E-state index is 0.856. The number of nitrogens with zero attached hydrogens (tertiary/aromatic N) is 2. The van der Waals surface area contributed by atoms with Crippen molar-refractivity contribution in [2.75, 3.05) is 26.2 Å². The van der Waals surface area contributed by atoms with Crippen LogP contribution >= 0.6 is 0 Å². The lowest BCUT2D eigenvalue weighted by molar-refractivity contribution is -0.118. The highest BCUT2D eigenvalue weighted by molar-refractivity contribution is 5.46. The van der Waals surface area contributed by atoms with Crippen molar-refractivity contribution in [3.63, 3.8) is 0 Å². The molecular weight excluding hydrogens is 212 g/mol. The number of hydrogen-bond donors (Lipinski definition) is 0. The largest absolute Gasteiger partial charge is 0.344 e. The monoisotopic (exact) mass is 232 g/mol. The van der Waals surface area contributed by atoms with E-state index in [1.807, 2.05) is 4.90 Å². The summed E-state index contributed by atoms with van der Waals surface area (Å²) in [7, 11) is 0. The Kier molecular flexibility index (Phi) is 4.15. The van der Waals surface area contributed by atoms with Gasteiger partial charge < -0.3 is 4.90 Å². The Morgan fingerprint density at radius 2 is 2.12 bits per heavy atom. The number of benzene rings is 1. The second kappa shape index (κ2) is 5.82. The van der Waals surface area contributed by atoms with Crippen molar-refractivity contribution < 1.29 is 4.79 Å². The van der Waals surface area contributed by atoms with Gasteiger partial charge in [-0.2, -0.15) is 0 Å². The zero-order valence-corrected chi connectivity index (χ0v) is 10.4. The zero-order valence-electron chi connectivity index (χ0n) is 10.4. The molecule has 0 saturated carbocycles. The summed E-state index contributed by atoms with van der Waals surface area (Å²) < 4.78 is 0. The molecule has 1 heterocycles. The Morgan fingerprint density at radius 1 is 1.24 bits per heavy atom. The predicted molar refractivity (Wildman–Crippen MR) is 68.7 cm³/mol. The summed E-state index contributed by atoms with van der Waals surface area (Å²) in [5.41, 5.74) is 2.68. The lowest BCUT2D eigenvalue weighted by Crippen LogP contribution is -2.29. The van der Waals surface area contributed by atoms with E-state index in [1.165, 1.54) is 11.1 Å². The topological polar surface area (TPSA) is 23.6 Å². The normalized spacial score (nSPS) is 17.8. The second-order valence-electron chi connectivity index (χ2n) is 4.76. The van der Waals surface area contributed by atoms with Crippen LogP contribution in [0.25, 0.3) is 0 Å². The van der Waals surface area contributed by atoms with Crippen molar-refractivity contribution in [1.29, 1.82) is 0 Å². The van der Waals surface area contributed by atoms with E-state index >= 15 is 0 Å². The van der Waals surface area contributed by atoms with Gasteiger partial charge in [0.1, 0.15) is 0 Å². The fraction of sp³-hybridized carbons (Fsp3) is 0.500. The van der Waals surface area contributed by atoms with Crippen molar-refractivity contribution >= 4 is 6.41 Å². The molecule has 0 aliphatic carbocycles. The average Bonchev–Trinajstić information content (AvgIpc) is 2.54. The van der Waals surface area contributed by atoms with Gasteiger partial charge in [0.15, 0.2) is 0 Å². The van der Waals surface area contributed by atoms with Gasteiger partial charge in [-0.25, -0.2) is 0 Å². The summed E-state index contributed by atoms with van der Waals surface area (Å²) in [4.78, 5) is 15.0. The molecule has 0 aromatic heterocycles. The maximum atomic E-state index is 10.7. The molecule has 1 amide bonds. The predicted octanol–water partition coefficient (Wildman–Crippen LogP) is 1.66. The summed E-state index contributed by atoms with van der Waals surface area (Å²) in [6, 6.07) is 8.65. The van der Waals surface area contributed by atoms with Crippen LogP contribution in [0.3, 0.4) is 0 Å². The smallest absolute Gasteiger partial charge is 0.209 e. The van der Waals surface area contributed by atoms with E-state index in [0.29, 0.717) is 0 Å². The molecule has 17 heavy (non-hydrogen) atoms. The van der Waals surface area contributed by atoms with E-state index in [9.17, 15) is 4.79 Å². The molecule has 0 atom stereocenters. The first-order chi connectivity index (χ1) is 8.28. The molecule has 2 rings (SSSR count). The number of amides is 1. The van der Waals surface area contributed by atoms with Crippen molar-refractivity contribution in [3.05, 3.63) is 35.4 Å². The van der Waals surface area contributed by atoms with Gasteiger partial charge in [0.2, 0.25) is 6.41 Å². The lowest BCUT2D eigenvalue weighted by atomic mass is 10.1. The Hall–Kier alpha value is -1.35. The third-order valence-electron chi connectivity index (χ3n) is 3.26. The van der Waals surface area contributed by atoms with Crippen molar-refractivity contribution in [3.8, 4) is 0 Å². The van der Waals surface area contributed by atoms with Gasteiger partial charge in [-0.15, -0.1) is 0 Å².